The molecule has 2 aliphatic rings. The lowest BCUT2D eigenvalue weighted by Crippen LogP contribution is -2.49. The standard InChI is InChI=1S/C18H25N3O3S/c1-13(14-10-11-14)20(2)25(22,23)21-12-6-5-8-16(21)18-19-15-7-3-4-9-17(15)24-18/h3-4,7,9,13-14,16H,5-6,8,10-12H2,1-2H3/t13-,16+/m1/s1. The van der Waals surface area contributed by atoms with Crippen molar-refractivity contribution in [2.75, 3.05) is 13.6 Å². The molecule has 6 nitrogen and oxygen atoms in total. The maximum Gasteiger partial charge on any atom is 0.282 e. The van der Waals surface area contributed by atoms with Crippen molar-refractivity contribution >= 4 is 21.3 Å². The molecule has 0 spiro atoms. The molecule has 2 heterocycles. The van der Waals surface area contributed by atoms with E-state index in [1.165, 1.54) is 0 Å². The minimum Gasteiger partial charge on any atom is -0.439 e. The zero-order valence-electron chi connectivity index (χ0n) is 14.8. The summed E-state index contributed by atoms with van der Waals surface area (Å²) in [6, 6.07) is 7.30. The van der Waals surface area contributed by atoms with Crippen molar-refractivity contribution in [3.8, 4) is 0 Å². The lowest BCUT2D eigenvalue weighted by molar-refractivity contribution is 0.201. The minimum atomic E-state index is -3.53. The van der Waals surface area contributed by atoms with Gasteiger partial charge in [0, 0.05) is 19.6 Å². The van der Waals surface area contributed by atoms with Crippen LogP contribution >= 0.6 is 0 Å². The van der Waals surface area contributed by atoms with E-state index in [-0.39, 0.29) is 12.1 Å². The summed E-state index contributed by atoms with van der Waals surface area (Å²) in [5, 5.41) is 0. The Labute approximate surface area is 149 Å². The maximum atomic E-state index is 13.2. The zero-order chi connectivity index (χ0) is 17.6. The number of rotatable bonds is 5. The molecule has 0 unspecified atom stereocenters. The molecule has 0 bridgehead atoms. The first-order chi connectivity index (χ1) is 12.0. The average Bonchev–Trinajstić information content (AvgIpc) is 3.38. The molecule has 1 saturated carbocycles. The molecule has 136 valence electrons. The molecule has 7 heteroatoms. The summed E-state index contributed by atoms with van der Waals surface area (Å²) < 4.78 is 35.5. The Balaban J connectivity index is 1.66. The van der Waals surface area contributed by atoms with Crippen LogP contribution in [0.4, 0.5) is 0 Å². The van der Waals surface area contributed by atoms with Crippen LogP contribution in [-0.4, -0.2) is 41.6 Å². The van der Waals surface area contributed by atoms with Gasteiger partial charge in [-0.1, -0.05) is 18.6 Å². The van der Waals surface area contributed by atoms with Gasteiger partial charge in [0.1, 0.15) is 11.6 Å². The summed E-state index contributed by atoms with van der Waals surface area (Å²) in [6.07, 6.45) is 4.85. The molecule has 1 aromatic carbocycles. The SMILES string of the molecule is C[C@H](C1CC1)N(C)S(=O)(=O)N1CCCC[C@H]1c1nc2ccccc2o1. The van der Waals surface area contributed by atoms with E-state index >= 15 is 0 Å². The molecule has 1 aliphatic carbocycles. The van der Waals surface area contributed by atoms with Crippen LogP contribution in [0.15, 0.2) is 28.7 Å². The number of para-hydroxylation sites is 2. The molecule has 25 heavy (non-hydrogen) atoms. The Morgan fingerprint density at radius 2 is 2.00 bits per heavy atom. The van der Waals surface area contributed by atoms with Crippen molar-refractivity contribution in [1.82, 2.24) is 13.6 Å². The smallest absolute Gasteiger partial charge is 0.282 e. The normalized spacial score (nSPS) is 24.0. The van der Waals surface area contributed by atoms with Crippen LogP contribution in [0.25, 0.3) is 11.1 Å². The Kier molecular flexibility index (Phi) is 4.33. The summed E-state index contributed by atoms with van der Waals surface area (Å²) in [7, 11) is -1.83. The Morgan fingerprint density at radius 3 is 2.72 bits per heavy atom. The fraction of sp³-hybridized carbons (Fsp3) is 0.611. The minimum absolute atomic E-state index is 0.0382. The molecular formula is C18H25N3O3S. The summed E-state index contributed by atoms with van der Waals surface area (Å²) in [6.45, 7) is 2.53. The Hall–Kier alpha value is -1.44. The van der Waals surface area contributed by atoms with Crippen molar-refractivity contribution in [2.24, 2.45) is 5.92 Å². The first-order valence-corrected chi connectivity index (χ1v) is 10.5. The summed E-state index contributed by atoms with van der Waals surface area (Å²) >= 11 is 0. The largest absolute Gasteiger partial charge is 0.439 e. The lowest BCUT2D eigenvalue weighted by Gasteiger charge is -2.37. The predicted molar refractivity (Wildman–Crippen MR) is 96.2 cm³/mol. The lowest BCUT2D eigenvalue weighted by atomic mass is 10.1. The van der Waals surface area contributed by atoms with Crippen molar-refractivity contribution < 1.29 is 12.8 Å². The molecule has 1 aromatic heterocycles. The number of fused-ring (bicyclic) bond motifs is 1. The molecule has 4 rings (SSSR count). The number of aromatic nitrogens is 1. The predicted octanol–water partition coefficient (Wildman–Crippen LogP) is 3.33. The van der Waals surface area contributed by atoms with Gasteiger partial charge in [0.15, 0.2) is 5.58 Å². The van der Waals surface area contributed by atoms with E-state index in [4.69, 9.17) is 4.42 Å². The highest BCUT2D eigenvalue weighted by Crippen LogP contribution is 2.39. The van der Waals surface area contributed by atoms with Crippen LogP contribution in [0.1, 0.15) is 51.0 Å². The van der Waals surface area contributed by atoms with Gasteiger partial charge in [-0.2, -0.15) is 17.0 Å². The zero-order valence-corrected chi connectivity index (χ0v) is 15.6. The van der Waals surface area contributed by atoms with E-state index in [9.17, 15) is 8.42 Å². The van der Waals surface area contributed by atoms with Crippen LogP contribution in [-0.2, 0) is 10.2 Å². The first-order valence-electron chi connectivity index (χ1n) is 9.09. The van der Waals surface area contributed by atoms with Gasteiger partial charge in [-0.3, -0.25) is 0 Å². The molecular weight excluding hydrogens is 338 g/mol. The fourth-order valence-corrected chi connectivity index (χ4v) is 5.51. The second-order valence-electron chi connectivity index (χ2n) is 7.24. The van der Waals surface area contributed by atoms with E-state index < -0.39 is 10.2 Å². The summed E-state index contributed by atoms with van der Waals surface area (Å²) in [5.74, 6) is 1.00. The number of nitrogens with zero attached hydrogens (tertiary/aromatic N) is 3. The van der Waals surface area contributed by atoms with Crippen molar-refractivity contribution in [2.45, 2.75) is 51.1 Å². The third-order valence-electron chi connectivity index (χ3n) is 5.59. The van der Waals surface area contributed by atoms with Crippen LogP contribution in [0.5, 0.6) is 0 Å². The third-order valence-corrected chi connectivity index (χ3v) is 7.68. The highest BCUT2D eigenvalue weighted by Gasteiger charge is 2.42. The molecule has 0 amide bonds. The molecule has 1 saturated heterocycles. The Bertz CT molecular complexity index is 826. The topological polar surface area (TPSA) is 66.7 Å². The van der Waals surface area contributed by atoms with Gasteiger partial charge in [-0.15, -0.1) is 0 Å². The second-order valence-corrected chi connectivity index (χ2v) is 9.18. The first kappa shape index (κ1) is 17.0. The monoisotopic (exact) mass is 363 g/mol. The number of hydrogen-bond acceptors (Lipinski definition) is 4. The molecule has 0 radical (unpaired) electrons. The molecule has 2 aromatic rings. The quantitative estimate of drug-likeness (QED) is 0.817. The van der Waals surface area contributed by atoms with Crippen molar-refractivity contribution in [3.05, 3.63) is 30.2 Å². The van der Waals surface area contributed by atoms with E-state index in [2.05, 4.69) is 4.98 Å². The van der Waals surface area contributed by atoms with Crippen LogP contribution in [0.2, 0.25) is 0 Å². The van der Waals surface area contributed by atoms with Gasteiger partial charge in [0.2, 0.25) is 5.89 Å². The summed E-state index contributed by atoms with van der Waals surface area (Å²) in [4.78, 5) is 4.56. The van der Waals surface area contributed by atoms with Gasteiger partial charge in [0.25, 0.3) is 10.2 Å². The second kappa shape index (κ2) is 6.37. The van der Waals surface area contributed by atoms with Gasteiger partial charge in [0.05, 0.1) is 0 Å². The number of piperidine rings is 1. The molecule has 0 N–H and O–H groups in total. The average molecular weight is 363 g/mol. The molecule has 2 fully saturated rings. The van der Waals surface area contributed by atoms with Crippen molar-refractivity contribution in [1.29, 1.82) is 0 Å². The van der Waals surface area contributed by atoms with Crippen molar-refractivity contribution in [3.63, 3.8) is 0 Å². The fourth-order valence-electron chi connectivity index (χ4n) is 3.71. The van der Waals surface area contributed by atoms with Gasteiger partial charge < -0.3 is 4.42 Å². The number of oxazole rings is 1. The van der Waals surface area contributed by atoms with E-state index in [1.54, 1.807) is 15.7 Å². The maximum absolute atomic E-state index is 13.2. The molecule has 2 atom stereocenters. The van der Waals surface area contributed by atoms with Crippen LogP contribution in [0.3, 0.4) is 0 Å². The van der Waals surface area contributed by atoms with Crippen LogP contribution < -0.4 is 0 Å². The Morgan fingerprint density at radius 1 is 1.24 bits per heavy atom. The van der Waals surface area contributed by atoms with E-state index in [1.807, 2.05) is 31.2 Å². The highest BCUT2D eigenvalue weighted by atomic mass is 32.2. The van der Waals surface area contributed by atoms with E-state index in [0.717, 1.165) is 37.6 Å². The molecule has 1 aliphatic heterocycles. The number of hydrogen-bond donors (Lipinski definition) is 0. The number of benzene rings is 1. The third kappa shape index (κ3) is 3.09. The van der Waals surface area contributed by atoms with Crippen LogP contribution in [0, 0.1) is 5.92 Å². The van der Waals surface area contributed by atoms with Gasteiger partial charge in [-0.05, 0) is 50.7 Å². The van der Waals surface area contributed by atoms with Gasteiger partial charge >= 0.3 is 0 Å². The van der Waals surface area contributed by atoms with E-state index in [0.29, 0.717) is 23.9 Å². The highest BCUT2D eigenvalue weighted by molar-refractivity contribution is 7.86. The summed E-state index contributed by atoms with van der Waals surface area (Å²) in [5.41, 5.74) is 1.49. The van der Waals surface area contributed by atoms with Gasteiger partial charge in [-0.25, -0.2) is 4.98 Å².